The topological polar surface area (TPSA) is 58.3 Å². The summed E-state index contributed by atoms with van der Waals surface area (Å²) < 4.78 is 1.84. The van der Waals surface area contributed by atoms with Gasteiger partial charge in [0.15, 0.2) is 0 Å². The third-order valence-electron chi connectivity index (χ3n) is 4.13. The number of para-hydroxylation sites is 1. The number of aromatic nitrogens is 2. The summed E-state index contributed by atoms with van der Waals surface area (Å²) in [4.78, 5) is 0. The summed E-state index contributed by atoms with van der Waals surface area (Å²) in [6.45, 7) is 0.569. The van der Waals surface area contributed by atoms with E-state index in [2.05, 4.69) is 0 Å². The van der Waals surface area contributed by atoms with E-state index in [1.165, 1.54) is 12.1 Å². The monoisotopic (exact) mass is 350 g/mol. The summed E-state index contributed by atoms with van der Waals surface area (Å²) in [6.07, 6.45) is 0. The van der Waals surface area contributed by atoms with E-state index in [0.29, 0.717) is 22.8 Å². The Labute approximate surface area is 149 Å². The predicted molar refractivity (Wildman–Crippen MR) is 99.1 cm³/mol. The maximum atomic E-state index is 10.2. The molecule has 0 aliphatic heterocycles. The zero-order chi connectivity index (χ0) is 17.4. The normalized spacial score (nSPS) is 11.1. The van der Waals surface area contributed by atoms with Crippen molar-refractivity contribution in [3.63, 3.8) is 0 Å². The molecule has 4 rings (SSSR count). The lowest BCUT2D eigenvalue weighted by molar-refractivity contribution is 0.451. The first-order valence-electron chi connectivity index (χ1n) is 7.85. The van der Waals surface area contributed by atoms with Crippen LogP contribution in [0.2, 0.25) is 5.02 Å². The summed E-state index contributed by atoms with van der Waals surface area (Å²) >= 11 is 6.43. The van der Waals surface area contributed by atoms with Gasteiger partial charge in [0.25, 0.3) is 0 Å². The first-order valence-corrected chi connectivity index (χ1v) is 8.22. The average Bonchev–Trinajstić information content (AvgIpc) is 2.95. The molecule has 0 saturated heterocycles. The molecule has 0 radical (unpaired) electrons. The van der Waals surface area contributed by atoms with Gasteiger partial charge < -0.3 is 10.2 Å². The number of fused-ring (bicyclic) bond motifs is 1. The molecule has 1 aromatic heterocycles. The number of hydrogen-bond acceptors (Lipinski definition) is 3. The molecule has 124 valence electrons. The fourth-order valence-electron chi connectivity index (χ4n) is 2.98. The SMILES string of the molecule is Oc1ccc(-c2nn(Cc3ccccc3)c3c(Cl)cccc23)c(O)c1. The zero-order valence-electron chi connectivity index (χ0n) is 13.2. The zero-order valence-corrected chi connectivity index (χ0v) is 14.0. The lowest BCUT2D eigenvalue weighted by Crippen LogP contribution is -2.01. The second kappa shape index (κ2) is 6.15. The third kappa shape index (κ3) is 2.81. The summed E-state index contributed by atoms with van der Waals surface area (Å²) in [7, 11) is 0. The Morgan fingerprint density at radius 1 is 0.920 bits per heavy atom. The Morgan fingerprint density at radius 3 is 2.48 bits per heavy atom. The van der Waals surface area contributed by atoms with Crippen molar-refractivity contribution < 1.29 is 10.2 Å². The molecule has 5 heteroatoms. The fourth-order valence-corrected chi connectivity index (χ4v) is 3.26. The van der Waals surface area contributed by atoms with E-state index in [-0.39, 0.29) is 11.5 Å². The van der Waals surface area contributed by atoms with Crippen LogP contribution in [0.3, 0.4) is 0 Å². The first kappa shape index (κ1) is 15.5. The van der Waals surface area contributed by atoms with Gasteiger partial charge in [0, 0.05) is 17.0 Å². The minimum atomic E-state index is -0.0220. The third-order valence-corrected chi connectivity index (χ3v) is 4.44. The molecule has 0 aliphatic rings. The largest absolute Gasteiger partial charge is 0.508 e. The van der Waals surface area contributed by atoms with E-state index < -0.39 is 0 Å². The maximum absolute atomic E-state index is 10.2. The fraction of sp³-hybridized carbons (Fsp3) is 0.0500. The van der Waals surface area contributed by atoms with Crippen molar-refractivity contribution in [1.29, 1.82) is 0 Å². The summed E-state index contributed by atoms with van der Waals surface area (Å²) in [6, 6.07) is 20.1. The van der Waals surface area contributed by atoms with Crippen LogP contribution >= 0.6 is 11.6 Å². The molecule has 0 atom stereocenters. The highest BCUT2D eigenvalue weighted by atomic mass is 35.5. The molecule has 0 aliphatic carbocycles. The Bertz CT molecular complexity index is 1060. The van der Waals surface area contributed by atoms with Crippen molar-refractivity contribution in [2.75, 3.05) is 0 Å². The van der Waals surface area contributed by atoms with Gasteiger partial charge in [-0.1, -0.05) is 54.1 Å². The molecular formula is C20H15ClN2O2. The predicted octanol–water partition coefficient (Wildman–Crippen LogP) is 4.82. The van der Waals surface area contributed by atoms with E-state index in [0.717, 1.165) is 16.5 Å². The van der Waals surface area contributed by atoms with Crippen molar-refractivity contribution in [1.82, 2.24) is 9.78 Å². The summed E-state index contributed by atoms with van der Waals surface area (Å²) in [5.74, 6) is -0.0152. The number of aromatic hydroxyl groups is 2. The van der Waals surface area contributed by atoms with E-state index in [4.69, 9.17) is 16.7 Å². The molecule has 3 aromatic carbocycles. The van der Waals surface area contributed by atoms with E-state index in [9.17, 15) is 10.2 Å². The van der Waals surface area contributed by atoms with Gasteiger partial charge in [-0.3, -0.25) is 4.68 Å². The van der Waals surface area contributed by atoms with Gasteiger partial charge >= 0.3 is 0 Å². The minimum absolute atomic E-state index is 0.00676. The Hall–Kier alpha value is -2.98. The summed E-state index contributed by atoms with van der Waals surface area (Å²) in [5.41, 5.74) is 3.10. The molecule has 0 unspecified atom stereocenters. The van der Waals surface area contributed by atoms with Gasteiger partial charge in [0.1, 0.15) is 17.2 Å². The van der Waals surface area contributed by atoms with E-state index >= 15 is 0 Å². The second-order valence-corrected chi connectivity index (χ2v) is 6.24. The number of rotatable bonds is 3. The minimum Gasteiger partial charge on any atom is -0.508 e. The average molecular weight is 351 g/mol. The van der Waals surface area contributed by atoms with Crippen molar-refractivity contribution in [2.24, 2.45) is 0 Å². The highest BCUT2D eigenvalue weighted by molar-refractivity contribution is 6.35. The second-order valence-electron chi connectivity index (χ2n) is 5.83. The van der Waals surface area contributed by atoms with Gasteiger partial charge in [0.2, 0.25) is 0 Å². The Balaban J connectivity index is 1.93. The molecule has 0 bridgehead atoms. The quantitative estimate of drug-likeness (QED) is 0.557. The van der Waals surface area contributed by atoms with E-state index in [1.54, 1.807) is 6.07 Å². The molecule has 0 amide bonds. The van der Waals surface area contributed by atoms with Gasteiger partial charge in [-0.25, -0.2) is 0 Å². The molecule has 4 aromatic rings. The van der Waals surface area contributed by atoms with Crippen LogP contribution in [0.25, 0.3) is 22.2 Å². The highest BCUT2D eigenvalue weighted by Crippen LogP contribution is 2.37. The molecular weight excluding hydrogens is 336 g/mol. The van der Waals surface area contributed by atoms with Crippen LogP contribution in [0.15, 0.2) is 66.7 Å². The number of nitrogens with zero attached hydrogens (tertiary/aromatic N) is 2. The van der Waals surface area contributed by atoms with Crippen LogP contribution < -0.4 is 0 Å². The highest BCUT2D eigenvalue weighted by Gasteiger charge is 2.17. The van der Waals surface area contributed by atoms with E-state index in [1.807, 2.05) is 53.2 Å². The van der Waals surface area contributed by atoms with Gasteiger partial charge in [-0.15, -0.1) is 0 Å². The number of halogens is 1. The number of phenols is 2. The van der Waals surface area contributed by atoms with Crippen molar-refractivity contribution in [3.05, 3.63) is 77.3 Å². The van der Waals surface area contributed by atoms with Crippen LogP contribution in [-0.2, 0) is 6.54 Å². The Morgan fingerprint density at radius 2 is 1.72 bits per heavy atom. The van der Waals surface area contributed by atoms with Crippen LogP contribution in [0.5, 0.6) is 11.5 Å². The standard InChI is InChI=1S/C20H15ClN2O2/c21-17-8-4-7-16-19(15-10-9-14(24)11-18(15)25)22-23(20(16)17)12-13-5-2-1-3-6-13/h1-11,24-25H,12H2. The molecule has 2 N–H and O–H groups in total. The smallest absolute Gasteiger partial charge is 0.128 e. The molecule has 0 spiro atoms. The van der Waals surface area contributed by atoms with Gasteiger partial charge in [-0.05, 0) is 23.8 Å². The molecule has 25 heavy (non-hydrogen) atoms. The lowest BCUT2D eigenvalue weighted by Gasteiger charge is -2.04. The van der Waals surface area contributed by atoms with Crippen LogP contribution in [0.1, 0.15) is 5.56 Å². The summed E-state index contributed by atoms with van der Waals surface area (Å²) in [5, 5.41) is 25.9. The molecule has 0 fully saturated rings. The maximum Gasteiger partial charge on any atom is 0.128 e. The van der Waals surface area contributed by atoms with Crippen molar-refractivity contribution in [2.45, 2.75) is 6.54 Å². The molecule has 4 nitrogen and oxygen atoms in total. The number of phenolic OH excluding ortho intramolecular Hbond substituents is 2. The first-order chi connectivity index (χ1) is 12.1. The van der Waals surface area contributed by atoms with Crippen LogP contribution in [-0.4, -0.2) is 20.0 Å². The molecule has 1 heterocycles. The lowest BCUT2D eigenvalue weighted by atomic mass is 10.1. The van der Waals surface area contributed by atoms with Crippen molar-refractivity contribution >= 4 is 22.5 Å². The molecule has 0 saturated carbocycles. The Kier molecular flexibility index (Phi) is 3.82. The van der Waals surface area contributed by atoms with Gasteiger partial charge in [0.05, 0.1) is 17.1 Å². The number of benzene rings is 3. The van der Waals surface area contributed by atoms with Crippen LogP contribution in [0.4, 0.5) is 0 Å². The van der Waals surface area contributed by atoms with Crippen molar-refractivity contribution in [3.8, 4) is 22.8 Å². The number of hydrogen-bond donors (Lipinski definition) is 2. The van der Waals surface area contributed by atoms with Gasteiger partial charge in [-0.2, -0.15) is 5.10 Å². The van der Waals surface area contributed by atoms with Crippen LogP contribution in [0, 0.1) is 0 Å².